The number of carbonyl (C=O) groups is 3. The zero-order chi connectivity index (χ0) is 24.3. The Morgan fingerprint density at radius 2 is 1.47 bits per heavy atom. The molecule has 0 saturated carbocycles. The highest BCUT2D eigenvalue weighted by Gasteiger charge is 2.11. The molecular formula is C26H21ClN2O5. The van der Waals surface area contributed by atoms with Gasteiger partial charge in [0, 0.05) is 29.1 Å². The second-order valence-corrected chi connectivity index (χ2v) is 7.69. The molecule has 172 valence electrons. The number of nitrogens with zero attached hydrogens (tertiary/aromatic N) is 1. The maximum absolute atomic E-state index is 12.1. The molecule has 1 amide bonds. The number of ketones is 1. The van der Waals surface area contributed by atoms with E-state index in [9.17, 15) is 14.4 Å². The summed E-state index contributed by atoms with van der Waals surface area (Å²) in [6, 6.07) is 21.9. The second kappa shape index (κ2) is 12.2. The maximum Gasteiger partial charge on any atom is 0.306 e. The fourth-order valence-electron chi connectivity index (χ4n) is 2.89. The molecule has 3 aromatic carbocycles. The summed E-state index contributed by atoms with van der Waals surface area (Å²) in [6.45, 7) is -0.358. The third-order valence-electron chi connectivity index (χ3n) is 4.67. The summed E-state index contributed by atoms with van der Waals surface area (Å²) in [5.74, 6) is 0.0655. The van der Waals surface area contributed by atoms with Gasteiger partial charge in [-0.2, -0.15) is 5.26 Å². The molecule has 0 atom stereocenters. The highest BCUT2D eigenvalue weighted by molar-refractivity contribution is 6.30. The molecule has 0 aromatic heterocycles. The van der Waals surface area contributed by atoms with Crippen LogP contribution in [0.2, 0.25) is 5.02 Å². The van der Waals surface area contributed by atoms with Gasteiger partial charge in [-0.3, -0.25) is 14.4 Å². The van der Waals surface area contributed by atoms with Gasteiger partial charge in [-0.05, 0) is 79.2 Å². The Balaban J connectivity index is 1.35. The Kier molecular flexibility index (Phi) is 8.78. The number of anilines is 1. The van der Waals surface area contributed by atoms with E-state index in [2.05, 4.69) is 5.32 Å². The molecule has 0 aliphatic rings. The zero-order valence-electron chi connectivity index (χ0n) is 18.1. The molecular weight excluding hydrogens is 456 g/mol. The predicted octanol–water partition coefficient (Wildman–Crippen LogP) is 5.54. The molecule has 0 bridgehead atoms. The summed E-state index contributed by atoms with van der Waals surface area (Å²) in [7, 11) is 0. The van der Waals surface area contributed by atoms with Gasteiger partial charge in [0.1, 0.15) is 11.5 Å². The summed E-state index contributed by atoms with van der Waals surface area (Å²) in [5.41, 5.74) is 1.54. The van der Waals surface area contributed by atoms with E-state index in [4.69, 9.17) is 26.3 Å². The monoisotopic (exact) mass is 476 g/mol. The molecule has 7 nitrogen and oxygen atoms in total. The van der Waals surface area contributed by atoms with E-state index in [1.165, 1.54) is 0 Å². The van der Waals surface area contributed by atoms with Gasteiger partial charge >= 0.3 is 5.97 Å². The van der Waals surface area contributed by atoms with Crippen molar-refractivity contribution in [2.75, 3.05) is 11.9 Å². The number of Topliss-reactive ketones (excluding diaryl/α,β-unsaturated/α-hetero) is 1. The van der Waals surface area contributed by atoms with E-state index in [0.29, 0.717) is 39.8 Å². The van der Waals surface area contributed by atoms with Crippen molar-refractivity contribution in [3.63, 3.8) is 0 Å². The standard InChI is InChI=1S/C26H21ClN2O5/c27-20-8-6-19(7-9-20)24(30)17-33-26(32)3-1-2-25(31)29-21-10-14-23(15-11-21)34-22-12-4-18(16-28)5-13-22/h4-15H,1-3,17H2,(H,29,31). The van der Waals surface area contributed by atoms with Crippen molar-refractivity contribution in [3.05, 3.63) is 88.9 Å². The van der Waals surface area contributed by atoms with Crippen molar-refractivity contribution in [3.8, 4) is 17.6 Å². The van der Waals surface area contributed by atoms with Gasteiger partial charge in [-0.1, -0.05) is 11.6 Å². The fraction of sp³-hybridized carbons (Fsp3) is 0.154. The first-order valence-corrected chi connectivity index (χ1v) is 10.8. The normalized spacial score (nSPS) is 10.1. The number of carbonyl (C=O) groups excluding carboxylic acids is 3. The third kappa shape index (κ3) is 7.76. The molecule has 1 N–H and O–H groups in total. The van der Waals surface area contributed by atoms with E-state index >= 15 is 0 Å². The van der Waals surface area contributed by atoms with Crippen LogP contribution in [0.25, 0.3) is 0 Å². The first kappa shape index (κ1) is 24.5. The molecule has 34 heavy (non-hydrogen) atoms. The van der Waals surface area contributed by atoms with Gasteiger partial charge in [0.05, 0.1) is 11.6 Å². The van der Waals surface area contributed by atoms with E-state index in [-0.39, 0.29) is 31.1 Å². The van der Waals surface area contributed by atoms with Crippen LogP contribution in [0.5, 0.6) is 11.5 Å². The molecule has 0 saturated heterocycles. The van der Waals surface area contributed by atoms with Crippen molar-refractivity contribution in [2.45, 2.75) is 19.3 Å². The summed E-state index contributed by atoms with van der Waals surface area (Å²) in [4.78, 5) is 36.0. The lowest BCUT2D eigenvalue weighted by Gasteiger charge is -2.08. The van der Waals surface area contributed by atoms with Gasteiger partial charge < -0.3 is 14.8 Å². The lowest BCUT2D eigenvalue weighted by atomic mass is 10.1. The lowest BCUT2D eigenvalue weighted by molar-refractivity contribution is -0.142. The molecule has 0 radical (unpaired) electrons. The first-order chi connectivity index (χ1) is 16.4. The van der Waals surface area contributed by atoms with Gasteiger partial charge in [-0.15, -0.1) is 0 Å². The Bertz CT molecular complexity index is 1180. The topological polar surface area (TPSA) is 105 Å². The number of ether oxygens (including phenoxy) is 2. The van der Waals surface area contributed by atoms with Crippen LogP contribution in [0.1, 0.15) is 35.2 Å². The van der Waals surface area contributed by atoms with Gasteiger partial charge in [0.2, 0.25) is 5.91 Å². The molecule has 0 unspecified atom stereocenters. The number of halogens is 1. The van der Waals surface area contributed by atoms with Crippen LogP contribution in [0.15, 0.2) is 72.8 Å². The number of amides is 1. The van der Waals surface area contributed by atoms with Crippen LogP contribution in [-0.2, 0) is 14.3 Å². The average Bonchev–Trinajstić information content (AvgIpc) is 2.84. The van der Waals surface area contributed by atoms with Crippen LogP contribution in [0, 0.1) is 11.3 Å². The van der Waals surface area contributed by atoms with Gasteiger partial charge in [0.25, 0.3) is 0 Å². The SMILES string of the molecule is N#Cc1ccc(Oc2ccc(NC(=O)CCCC(=O)OCC(=O)c3ccc(Cl)cc3)cc2)cc1. The van der Waals surface area contributed by atoms with E-state index in [1.54, 1.807) is 72.8 Å². The minimum Gasteiger partial charge on any atom is -0.457 e. The largest absolute Gasteiger partial charge is 0.457 e. The fourth-order valence-corrected chi connectivity index (χ4v) is 3.02. The van der Waals surface area contributed by atoms with Crippen molar-refractivity contribution < 1.29 is 23.9 Å². The van der Waals surface area contributed by atoms with Crippen LogP contribution >= 0.6 is 11.6 Å². The number of benzene rings is 3. The number of nitriles is 1. The van der Waals surface area contributed by atoms with Crippen LogP contribution in [-0.4, -0.2) is 24.3 Å². The van der Waals surface area contributed by atoms with E-state index in [1.807, 2.05) is 6.07 Å². The van der Waals surface area contributed by atoms with Crippen molar-refractivity contribution in [1.82, 2.24) is 0 Å². The molecule has 0 aliphatic heterocycles. The smallest absolute Gasteiger partial charge is 0.306 e. The molecule has 0 fully saturated rings. The number of hydrogen-bond donors (Lipinski definition) is 1. The first-order valence-electron chi connectivity index (χ1n) is 10.5. The molecule has 0 spiro atoms. The van der Waals surface area contributed by atoms with Crippen LogP contribution in [0.4, 0.5) is 5.69 Å². The van der Waals surface area contributed by atoms with Crippen molar-refractivity contribution in [2.24, 2.45) is 0 Å². The summed E-state index contributed by atoms with van der Waals surface area (Å²) in [5, 5.41) is 12.1. The number of esters is 1. The van der Waals surface area contributed by atoms with Gasteiger partial charge in [0.15, 0.2) is 12.4 Å². The van der Waals surface area contributed by atoms with Crippen molar-refractivity contribution >= 4 is 34.9 Å². The minimum absolute atomic E-state index is 0.0265. The summed E-state index contributed by atoms with van der Waals surface area (Å²) >= 11 is 5.78. The second-order valence-electron chi connectivity index (χ2n) is 7.26. The summed E-state index contributed by atoms with van der Waals surface area (Å²) in [6.07, 6.45) is 0.447. The maximum atomic E-state index is 12.1. The Morgan fingerprint density at radius 1 is 0.853 bits per heavy atom. The third-order valence-corrected chi connectivity index (χ3v) is 4.92. The molecule has 8 heteroatoms. The quantitative estimate of drug-likeness (QED) is 0.304. The van der Waals surface area contributed by atoms with Crippen LogP contribution in [0.3, 0.4) is 0 Å². The zero-order valence-corrected chi connectivity index (χ0v) is 18.9. The Morgan fingerprint density at radius 3 is 2.09 bits per heavy atom. The highest BCUT2D eigenvalue weighted by Crippen LogP contribution is 2.23. The number of hydrogen-bond acceptors (Lipinski definition) is 6. The van der Waals surface area contributed by atoms with E-state index < -0.39 is 5.97 Å². The van der Waals surface area contributed by atoms with Gasteiger partial charge in [-0.25, -0.2) is 0 Å². The Hall–Kier alpha value is -4.15. The molecule has 3 rings (SSSR count). The minimum atomic E-state index is -0.542. The number of rotatable bonds is 10. The summed E-state index contributed by atoms with van der Waals surface area (Å²) < 4.78 is 10.7. The molecule has 3 aromatic rings. The Labute approximate surface area is 201 Å². The lowest BCUT2D eigenvalue weighted by Crippen LogP contribution is -2.15. The van der Waals surface area contributed by atoms with Crippen LogP contribution < -0.4 is 10.1 Å². The van der Waals surface area contributed by atoms with Crippen molar-refractivity contribution in [1.29, 1.82) is 5.26 Å². The number of nitrogens with one attached hydrogen (secondary N) is 1. The molecule has 0 heterocycles. The molecule has 0 aliphatic carbocycles. The predicted molar refractivity (Wildman–Crippen MR) is 127 cm³/mol. The highest BCUT2D eigenvalue weighted by atomic mass is 35.5. The average molecular weight is 477 g/mol. The van der Waals surface area contributed by atoms with E-state index in [0.717, 1.165) is 0 Å².